The molecule has 0 aromatic rings. The Kier molecular flexibility index (Phi) is 8.25. The van der Waals surface area contributed by atoms with Gasteiger partial charge < -0.3 is 0 Å². The van der Waals surface area contributed by atoms with Crippen LogP contribution in [0.4, 0.5) is 0 Å². The van der Waals surface area contributed by atoms with Crippen LogP contribution in [0.25, 0.3) is 0 Å². The predicted molar refractivity (Wildman–Crippen MR) is 83.2 cm³/mol. The second kappa shape index (κ2) is 8.22. The van der Waals surface area contributed by atoms with Crippen LogP contribution in [0.5, 0.6) is 0 Å². The van der Waals surface area contributed by atoms with Gasteiger partial charge in [0.2, 0.25) is 0 Å². The minimum absolute atomic E-state index is 0.839. The van der Waals surface area contributed by atoms with Crippen molar-refractivity contribution in [2.75, 3.05) is 0 Å². The lowest BCUT2D eigenvalue weighted by atomic mass is 9.46. The van der Waals surface area contributed by atoms with Gasteiger partial charge in [-0.3, -0.25) is 0 Å². The SMILES string of the molecule is CC(C)CC(BC(CC(C)C)C(C)C)C(C)C. The van der Waals surface area contributed by atoms with Gasteiger partial charge in [0, 0.05) is 0 Å². The zero-order valence-electron chi connectivity index (χ0n) is 13.6. The molecule has 0 aliphatic carbocycles. The van der Waals surface area contributed by atoms with Crippen molar-refractivity contribution in [2.24, 2.45) is 23.7 Å². The molecular weight excluding hydrogens is 203 g/mol. The van der Waals surface area contributed by atoms with Crippen LogP contribution in [0.2, 0.25) is 11.6 Å². The third kappa shape index (κ3) is 7.89. The summed E-state index contributed by atoms with van der Waals surface area (Å²) < 4.78 is 0. The molecule has 102 valence electrons. The van der Waals surface area contributed by atoms with Crippen molar-refractivity contribution >= 4 is 7.28 Å². The molecule has 0 aliphatic rings. The average Bonchev–Trinajstić information content (AvgIpc) is 2.13. The minimum atomic E-state index is 0.839. The molecule has 0 amide bonds. The van der Waals surface area contributed by atoms with E-state index in [1.807, 2.05) is 0 Å². The maximum atomic E-state index is 2.40. The van der Waals surface area contributed by atoms with Gasteiger partial charge in [0.15, 0.2) is 0 Å². The molecule has 2 atom stereocenters. The number of hydrogen-bond acceptors (Lipinski definition) is 0. The van der Waals surface area contributed by atoms with Gasteiger partial charge in [-0.05, 0) is 11.8 Å². The molecule has 0 N–H and O–H groups in total. The summed E-state index contributed by atoms with van der Waals surface area (Å²) in [6, 6.07) is 0. The molecule has 0 aliphatic heterocycles. The molecule has 0 saturated heterocycles. The Morgan fingerprint density at radius 1 is 0.588 bits per heavy atom. The molecule has 0 aromatic carbocycles. The first-order chi connectivity index (χ1) is 7.73. The van der Waals surface area contributed by atoms with Crippen molar-refractivity contribution in [3.8, 4) is 0 Å². The van der Waals surface area contributed by atoms with Crippen LogP contribution in [-0.4, -0.2) is 7.28 Å². The zero-order chi connectivity index (χ0) is 13.6. The largest absolute Gasteiger partial charge is 0.128 e. The highest BCUT2D eigenvalue weighted by Gasteiger charge is 2.24. The van der Waals surface area contributed by atoms with Crippen LogP contribution < -0.4 is 0 Å². The fourth-order valence-electron chi connectivity index (χ4n) is 2.88. The summed E-state index contributed by atoms with van der Waals surface area (Å²) >= 11 is 0. The van der Waals surface area contributed by atoms with E-state index in [2.05, 4.69) is 55.4 Å². The van der Waals surface area contributed by atoms with Gasteiger partial charge in [0.25, 0.3) is 0 Å². The van der Waals surface area contributed by atoms with Gasteiger partial charge in [-0.25, -0.2) is 0 Å². The lowest BCUT2D eigenvalue weighted by Gasteiger charge is -2.29. The van der Waals surface area contributed by atoms with Crippen molar-refractivity contribution in [2.45, 2.75) is 79.9 Å². The molecule has 0 rings (SSSR count). The van der Waals surface area contributed by atoms with Gasteiger partial charge in [0.1, 0.15) is 7.28 Å². The van der Waals surface area contributed by atoms with E-state index in [-0.39, 0.29) is 0 Å². The molecule has 0 radical (unpaired) electrons. The van der Waals surface area contributed by atoms with Crippen LogP contribution in [0, 0.1) is 23.7 Å². The molecule has 0 bridgehead atoms. The third-order valence-corrected chi connectivity index (χ3v) is 4.04. The van der Waals surface area contributed by atoms with Crippen LogP contribution in [0.15, 0.2) is 0 Å². The van der Waals surface area contributed by atoms with Crippen LogP contribution in [-0.2, 0) is 0 Å². The van der Waals surface area contributed by atoms with E-state index >= 15 is 0 Å². The topological polar surface area (TPSA) is 0 Å². The number of rotatable bonds is 8. The van der Waals surface area contributed by atoms with Gasteiger partial charge in [-0.15, -0.1) is 0 Å². The third-order valence-electron chi connectivity index (χ3n) is 4.04. The van der Waals surface area contributed by atoms with Crippen molar-refractivity contribution in [1.29, 1.82) is 0 Å². The van der Waals surface area contributed by atoms with E-state index in [0.717, 1.165) is 35.3 Å². The van der Waals surface area contributed by atoms with E-state index in [0.29, 0.717) is 0 Å². The highest BCUT2D eigenvalue weighted by atomic mass is 14.2. The number of hydrogen-bond donors (Lipinski definition) is 0. The average molecular weight is 238 g/mol. The summed E-state index contributed by atoms with van der Waals surface area (Å²) in [5.74, 6) is 5.20. The van der Waals surface area contributed by atoms with Crippen molar-refractivity contribution in [1.82, 2.24) is 0 Å². The normalized spacial score (nSPS) is 16.0. The summed E-state index contributed by atoms with van der Waals surface area (Å²) in [5, 5.41) is 0. The summed E-state index contributed by atoms with van der Waals surface area (Å²) in [7, 11) is 1.44. The summed E-state index contributed by atoms with van der Waals surface area (Å²) in [5.41, 5.74) is 0. The molecule has 17 heavy (non-hydrogen) atoms. The Morgan fingerprint density at radius 3 is 1.06 bits per heavy atom. The fourth-order valence-corrected chi connectivity index (χ4v) is 2.88. The maximum absolute atomic E-state index is 2.40. The van der Waals surface area contributed by atoms with Gasteiger partial charge in [-0.2, -0.15) is 0 Å². The molecule has 0 fully saturated rings. The summed E-state index contributed by atoms with van der Waals surface area (Å²) in [6.07, 6.45) is 2.80. The van der Waals surface area contributed by atoms with Crippen molar-refractivity contribution < 1.29 is 0 Å². The summed E-state index contributed by atoms with van der Waals surface area (Å²) in [6.45, 7) is 19.1. The lowest BCUT2D eigenvalue weighted by molar-refractivity contribution is 0.436. The second-order valence-electron chi connectivity index (χ2n) is 7.50. The molecule has 0 spiro atoms. The monoisotopic (exact) mass is 238 g/mol. The van der Waals surface area contributed by atoms with Crippen molar-refractivity contribution in [3.63, 3.8) is 0 Å². The fraction of sp³-hybridized carbons (Fsp3) is 1.00. The first kappa shape index (κ1) is 17.1. The van der Waals surface area contributed by atoms with E-state index in [4.69, 9.17) is 0 Å². The standard InChI is InChI=1S/C16H35B/c1-11(2)9-15(13(5)6)17-16(14(7)8)10-12(3)4/h11-17H,9-10H2,1-8H3. The highest BCUT2D eigenvalue weighted by molar-refractivity contribution is 6.39. The first-order valence-corrected chi connectivity index (χ1v) is 7.73. The minimum Gasteiger partial charge on any atom is -0.0632 e. The Labute approximate surface area is 111 Å². The molecule has 0 nitrogen and oxygen atoms in total. The maximum Gasteiger partial charge on any atom is 0.128 e. The molecule has 0 saturated carbocycles. The van der Waals surface area contributed by atoms with E-state index in [1.165, 1.54) is 20.1 Å². The molecule has 0 heterocycles. The zero-order valence-corrected chi connectivity index (χ0v) is 13.6. The van der Waals surface area contributed by atoms with E-state index in [9.17, 15) is 0 Å². The Hall–Kier alpha value is 0.0649. The van der Waals surface area contributed by atoms with Crippen molar-refractivity contribution in [3.05, 3.63) is 0 Å². The highest BCUT2D eigenvalue weighted by Crippen LogP contribution is 2.34. The van der Waals surface area contributed by atoms with Crippen LogP contribution in [0.3, 0.4) is 0 Å². The van der Waals surface area contributed by atoms with Gasteiger partial charge >= 0.3 is 0 Å². The van der Waals surface area contributed by atoms with Crippen LogP contribution in [0.1, 0.15) is 68.2 Å². The quantitative estimate of drug-likeness (QED) is 0.496. The first-order valence-electron chi connectivity index (χ1n) is 7.73. The second-order valence-corrected chi connectivity index (χ2v) is 7.50. The smallest absolute Gasteiger partial charge is 0.0632 e. The molecule has 2 unspecified atom stereocenters. The molecular formula is C16H35B. The van der Waals surface area contributed by atoms with E-state index < -0.39 is 0 Å². The Balaban J connectivity index is 4.45. The predicted octanol–water partition coefficient (Wildman–Crippen LogP) is 5.40. The van der Waals surface area contributed by atoms with Gasteiger partial charge in [0.05, 0.1) is 0 Å². The molecule has 0 aromatic heterocycles. The Bertz CT molecular complexity index is 162. The van der Waals surface area contributed by atoms with Gasteiger partial charge in [-0.1, -0.05) is 91.7 Å². The lowest BCUT2D eigenvalue weighted by Crippen LogP contribution is -2.22. The summed E-state index contributed by atoms with van der Waals surface area (Å²) in [4.78, 5) is 0. The molecule has 1 heteroatoms. The Morgan fingerprint density at radius 2 is 0.882 bits per heavy atom. The van der Waals surface area contributed by atoms with E-state index in [1.54, 1.807) is 0 Å². The van der Waals surface area contributed by atoms with Crippen LogP contribution >= 0.6 is 0 Å².